The van der Waals surface area contributed by atoms with Gasteiger partial charge in [-0.05, 0) is 49.8 Å². The van der Waals surface area contributed by atoms with Gasteiger partial charge in [0.1, 0.15) is 16.8 Å². The molecule has 1 saturated heterocycles. The van der Waals surface area contributed by atoms with E-state index in [0.29, 0.717) is 30.4 Å². The lowest BCUT2D eigenvalue weighted by molar-refractivity contribution is -0.156. The normalized spacial score (nSPS) is 22.9. The Bertz CT molecular complexity index is 1500. The number of rotatable bonds is 7. The van der Waals surface area contributed by atoms with Crippen LogP contribution >= 0.6 is 11.8 Å². The lowest BCUT2D eigenvalue weighted by Gasteiger charge is -2.43. The standard InChI is InChI=1S/C33H35N3O5S/c1-32(34,23-15-7-4-8-16-23)33(2,42-30(40)21-12-5-3-6-13-21)31(41)35-25-20-22-14-9-10-17-24(22)26-18-11-19-27(29(38)39)36(26)28(25)37/h3-10,12-17,25-27H,11,18-20,34H2,1-2H3,(H,35,41)(H,38,39)/t25-,26+,27-,32-,33+/m0/s1. The van der Waals surface area contributed by atoms with Gasteiger partial charge in [0, 0.05) is 12.0 Å². The van der Waals surface area contributed by atoms with Crippen LogP contribution in [-0.2, 0) is 26.3 Å². The first-order chi connectivity index (χ1) is 20.0. The van der Waals surface area contributed by atoms with Gasteiger partial charge >= 0.3 is 5.97 Å². The molecule has 2 aliphatic heterocycles. The molecule has 218 valence electrons. The second-order valence-electron chi connectivity index (χ2n) is 11.3. The van der Waals surface area contributed by atoms with Crippen molar-refractivity contribution in [3.05, 3.63) is 107 Å². The van der Waals surface area contributed by atoms with E-state index in [1.165, 1.54) is 4.90 Å². The minimum atomic E-state index is -1.55. The first-order valence-electron chi connectivity index (χ1n) is 14.1. The van der Waals surface area contributed by atoms with Gasteiger partial charge in [0.2, 0.25) is 16.9 Å². The van der Waals surface area contributed by atoms with Gasteiger partial charge in [-0.2, -0.15) is 0 Å². The molecule has 4 N–H and O–H groups in total. The van der Waals surface area contributed by atoms with Gasteiger partial charge in [0.05, 0.1) is 11.6 Å². The molecule has 0 aliphatic carbocycles. The van der Waals surface area contributed by atoms with Gasteiger partial charge in [0.15, 0.2) is 0 Å². The highest BCUT2D eigenvalue weighted by Gasteiger charge is 2.53. The summed E-state index contributed by atoms with van der Waals surface area (Å²) in [6.07, 6.45) is 1.85. The number of nitrogens with zero attached hydrogens (tertiary/aromatic N) is 1. The van der Waals surface area contributed by atoms with Gasteiger partial charge in [0.25, 0.3) is 0 Å². The second-order valence-corrected chi connectivity index (χ2v) is 12.7. The predicted octanol–water partition coefficient (Wildman–Crippen LogP) is 4.44. The Morgan fingerprint density at radius 2 is 1.55 bits per heavy atom. The predicted molar refractivity (Wildman–Crippen MR) is 162 cm³/mol. The maximum atomic E-state index is 14.4. The summed E-state index contributed by atoms with van der Waals surface area (Å²) < 4.78 is -1.55. The number of thioether (sulfide) groups is 1. The Hall–Kier alpha value is -3.95. The number of carboxylic acids is 1. The molecule has 0 saturated carbocycles. The topological polar surface area (TPSA) is 130 Å². The Labute approximate surface area is 249 Å². The summed E-state index contributed by atoms with van der Waals surface area (Å²) in [5.74, 6) is -2.09. The van der Waals surface area contributed by atoms with E-state index >= 15 is 0 Å². The highest BCUT2D eigenvalue weighted by atomic mass is 32.2. The van der Waals surface area contributed by atoms with Crippen molar-refractivity contribution >= 4 is 34.7 Å². The number of aliphatic carboxylic acids is 1. The molecule has 8 nitrogen and oxygen atoms in total. The van der Waals surface area contributed by atoms with E-state index in [4.69, 9.17) is 5.73 Å². The Morgan fingerprint density at radius 3 is 2.21 bits per heavy atom. The summed E-state index contributed by atoms with van der Waals surface area (Å²) in [6.45, 7) is 3.33. The minimum absolute atomic E-state index is 0.195. The zero-order valence-electron chi connectivity index (χ0n) is 23.7. The van der Waals surface area contributed by atoms with Crippen molar-refractivity contribution in [3.63, 3.8) is 0 Å². The first kappa shape index (κ1) is 29.5. The number of nitrogens with one attached hydrogen (secondary N) is 1. The average Bonchev–Trinajstić information content (AvgIpc) is 3.12. The van der Waals surface area contributed by atoms with Crippen LogP contribution in [0.2, 0.25) is 0 Å². The van der Waals surface area contributed by atoms with Crippen LogP contribution in [0.3, 0.4) is 0 Å². The van der Waals surface area contributed by atoms with Crippen LogP contribution in [0.4, 0.5) is 0 Å². The summed E-state index contributed by atoms with van der Waals surface area (Å²) in [7, 11) is 0. The molecule has 1 fully saturated rings. The van der Waals surface area contributed by atoms with Crippen molar-refractivity contribution in [1.29, 1.82) is 0 Å². The zero-order valence-corrected chi connectivity index (χ0v) is 24.5. The number of nitrogens with two attached hydrogens (primary N) is 1. The number of fused-ring (bicyclic) bond motifs is 3. The Kier molecular flexibility index (Phi) is 8.25. The van der Waals surface area contributed by atoms with Gasteiger partial charge in [-0.15, -0.1) is 0 Å². The van der Waals surface area contributed by atoms with Gasteiger partial charge < -0.3 is 21.1 Å². The van der Waals surface area contributed by atoms with E-state index in [1.807, 2.05) is 54.6 Å². The van der Waals surface area contributed by atoms with E-state index in [9.17, 15) is 24.3 Å². The third kappa shape index (κ3) is 5.34. The molecule has 0 aromatic heterocycles. The molecule has 0 spiro atoms. The molecule has 0 unspecified atom stereocenters. The molecule has 3 aromatic carbocycles. The van der Waals surface area contributed by atoms with Crippen molar-refractivity contribution in [2.24, 2.45) is 5.73 Å². The summed E-state index contributed by atoms with van der Waals surface area (Å²) in [6, 6.07) is 22.9. The smallest absolute Gasteiger partial charge is 0.326 e. The molecule has 0 bridgehead atoms. The number of carbonyl (C=O) groups excluding carboxylic acids is 3. The van der Waals surface area contributed by atoms with E-state index in [0.717, 1.165) is 22.9 Å². The van der Waals surface area contributed by atoms with Crippen molar-refractivity contribution in [1.82, 2.24) is 10.2 Å². The highest BCUT2D eigenvalue weighted by Crippen LogP contribution is 2.44. The third-order valence-electron chi connectivity index (χ3n) is 8.71. The summed E-state index contributed by atoms with van der Waals surface area (Å²) in [5, 5.41) is 12.6. The number of hydrogen-bond acceptors (Lipinski definition) is 6. The number of amides is 2. The van der Waals surface area contributed by atoms with E-state index < -0.39 is 46.2 Å². The molecule has 5 rings (SSSR count). The van der Waals surface area contributed by atoms with Crippen LogP contribution in [0.25, 0.3) is 0 Å². The molecule has 9 heteroatoms. The SMILES string of the molecule is C[C@](N)(c1ccccc1)[C@](C)(SC(=O)c1ccccc1)C(=O)N[C@H]1Cc2ccccc2[C@H]2CCC[C@@H](C(=O)O)N2C1=O. The van der Waals surface area contributed by atoms with E-state index in [1.54, 1.807) is 44.2 Å². The molecule has 5 atom stereocenters. The fourth-order valence-electron chi connectivity index (χ4n) is 6.06. The highest BCUT2D eigenvalue weighted by molar-refractivity contribution is 8.16. The summed E-state index contributed by atoms with van der Waals surface area (Å²) in [4.78, 5) is 55.8. The summed E-state index contributed by atoms with van der Waals surface area (Å²) >= 11 is 0.824. The van der Waals surface area contributed by atoms with Crippen LogP contribution in [0.5, 0.6) is 0 Å². The Balaban J connectivity index is 1.54. The van der Waals surface area contributed by atoms with Crippen LogP contribution in [0.15, 0.2) is 84.9 Å². The van der Waals surface area contributed by atoms with Crippen molar-refractivity contribution in [3.8, 4) is 0 Å². The second kappa shape index (κ2) is 11.7. The third-order valence-corrected chi connectivity index (χ3v) is 10.2. The molecule has 42 heavy (non-hydrogen) atoms. The zero-order chi connectivity index (χ0) is 30.1. The van der Waals surface area contributed by atoms with Crippen LogP contribution in [-0.4, -0.2) is 49.7 Å². The lowest BCUT2D eigenvalue weighted by atomic mass is 9.80. The number of carbonyl (C=O) groups is 4. The van der Waals surface area contributed by atoms with Crippen LogP contribution in [0.1, 0.15) is 66.2 Å². The summed E-state index contributed by atoms with van der Waals surface area (Å²) in [5.41, 5.74) is 8.46. The Morgan fingerprint density at radius 1 is 0.929 bits per heavy atom. The fraction of sp³-hybridized carbons (Fsp3) is 0.333. The van der Waals surface area contributed by atoms with E-state index in [2.05, 4.69) is 5.32 Å². The average molecular weight is 586 g/mol. The maximum absolute atomic E-state index is 14.4. The monoisotopic (exact) mass is 585 g/mol. The lowest BCUT2D eigenvalue weighted by Crippen LogP contribution is -2.64. The molecule has 2 heterocycles. The molecule has 0 radical (unpaired) electrons. The molecule has 2 amide bonds. The van der Waals surface area contributed by atoms with E-state index in [-0.39, 0.29) is 11.5 Å². The van der Waals surface area contributed by atoms with Gasteiger partial charge in [-0.25, -0.2) is 4.79 Å². The van der Waals surface area contributed by atoms with Gasteiger partial charge in [-0.1, -0.05) is 96.7 Å². The quantitative estimate of drug-likeness (QED) is 0.374. The maximum Gasteiger partial charge on any atom is 0.326 e. The first-order valence-corrected chi connectivity index (χ1v) is 14.9. The number of hydrogen-bond donors (Lipinski definition) is 3. The molecule has 3 aromatic rings. The number of benzene rings is 3. The fourth-order valence-corrected chi connectivity index (χ4v) is 7.17. The number of piperidine rings is 1. The van der Waals surface area contributed by atoms with Crippen molar-refractivity contribution in [2.45, 2.75) is 67.9 Å². The van der Waals surface area contributed by atoms with Crippen LogP contribution < -0.4 is 11.1 Å². The van der Waals surface area contributed by atoms with Crippen LogP contribution in [0, 0.1) is 0 Å². The van der Waals surface area contributed by atoms with Gasteiger partial charge in [-0.3, -0.25) is 14.4 Å². The molecular weight excluding hydrogens is 550 g/mol. The van der Waals surface area contributed by atoms with Crippen molar-refractivity contribution in [2.75, 3.05) is 0 Å². The van der Waals surface area contributed by atoms with Crippen molar-refractivity contribution < 1.29 is 24.3 Å². The largest absolute Gasteiger partial charge is 0.480 e. The minimum Gasteiger partial charge on any atom is -0.480 e. The molecule has 2 aliphatic rings. The molecular formula is C33H35N3O5S. The number of carboxylic acid groups (broad SMARTS) is 1.